The van der Waals surface area contributed by atoms with E-state index in [1.165, 1.54) is 0 Å². The molecule has 0 aromatic heterocycles. The van der Waals surface area contributed by atoms with E-state index in [-0.39, 0.29) is 5.91 Å². The van der Waals surface area contributed by atoms with Crippen molar-refractivity contribution < 1.29 is 9.53 Å². The maximum Gasteiger partial charge on any atom is 0.219 e. The van der Waals surface area contributed by atoms with E-state index in [1.54, 1.807) is 6.92 Å². The zero-order valence-electron chi connectivity index (χ0n) is 12.4. The van der Waals surface area contributed by atoms with Crippen LogP contribution in [0.1, 0.15) is 12.5 Å². The van der Waals surface area contributed by atoms with Crippen LogP contribution in [0.25, 0.3) is 0 Å². The lowest BCUT2D eigenvalue weighted by Gasteiger charge is -2.34. The number of piperazine rings is 1. The Kier molecular flexibility index (Phi) is 5.59. The molecule has 0 unspecified atom stereocenters. The fourth-order valence-corrected chi connectivity index (χ4v) is 2.37. The van der Waals surface area contributed by atoms with Gasteiger partial charge in [-0.3, -0.25) is 9.69 Å². The molecule has 1 fully saturated rings. The number of amides is 1. The van der Waals surface area contributed by atoms with E-state index in [1.807, 2.05) is 29.2 Å². The van der Waals surface area contributed by atoms with Gasteiger partial charge in [0.05, 0.1) is 12.5 Å². The summed E-state index contributed by atoms with van der Waals surface area (Å²) in [5, 5.41) is 8.62. The molecule has 112 valence electrons. The highest BCUT2D eigenvalue weighted by molar-refractivity contribution is 5.73. The van der Waals surface area contributed by atoms with Crippen LogP contribution in [0.2, 0.25) is 0 Å². The van der Waals surface area contributed by atoms with Crippen molar-refractivity contribution >= 4 is 5.91 Å². The fraction of sp³-hybridized carbons (Fsp3) is 0.500. The van der Waals surface area contributed by atoms with Crippen LogP contribution in [0.3, 0.4) is 0 Å². The summed E-state index contributed by atoms with van der Waals surface area (Å²) in [6, 6.07) is 9.77. The molecule has 0 saturated carbocycles. The molecule has 0 atom stereocenters. The van der Waals surface area contributed by atoms with Gasteiger partial charge in [0.15, 0.2) is 0 Å². The topological polar surface area (TPSA) is 56.6 Å². The summed E-state index contributed by atoms with van der Waals surface area (Å²) in [7, 11) is 0. The van der Waals surface area contributed by atoms with Gasteiger partial charge in [-0.25, -0.2) is 0 Å². The van der Waals surface area contributed by atoms with Crippen molar-refractivity contribution in [2.45, 2.75) is 13.3 Å². The van der Waals surface area contributed by atoms with E-state index >= 15 is 0 Å². The van der Waals surface area contributed by atoms with E-state index < -0.39 is 0 Å². The summed E-state index contributed by atoms with van der Waals surface area (Å²) in [5.74, 6) is 0.988. The summed E-state index contributed by atoms with van der Waals surface area (Å²) in [6.07, 6.45) is 0.431. The first-order chi connectivity index (χ1) is 10.2. The van der Waals surface area contributed by atoms with Crippen LogP contribution in [0.4, 0.5) is 0 Å². The number of rotatable bonds is 5. The molecule has 0 spiro atoms. The van der Waals surface area contributed by atoms with E-state index in [9.17, 15) is 4.79 Å². The molecule has 1 aliphatic rings. The average molecular weight is 287 g/mol. The van der Waals surface area contributed by atoms with Crippen LogP contribution in [0.15, 0.2) is 24.3 Å². The second kappa shape index (κ2) is 7.65. The van der Waals surface area contributed by atoms with Gasteiger partial charge in [-0.2, -0.15) is 5.26 Å². The first-order valence-electron chi connectivity index (χ1n) is 7.25. The molecule has 0 N–H and O–H groups in total. The van der Waals surface area contributed by atoms with Crippen LogP contribution in [-0.2, 0) is 11.2 Å². The lowest BCUT2D eigenvalue weighted by molar-refractivity contribution is -0.130. The Morgan fingerprint density at radius 3 is 2.48 bits per heavy atom. The Hall–Kier alpha value is -2.06. The largest absolute Gasteiger partial charge is 0.492 e. The van der Waals surface area contributed by atoms with Gasteiger partial charge < -0.3 is 9.64 Å². The van der Waals surface area contributed by atoms with Crippen LogP contribution in [0, 0.1) is 11.3 Å². The molecule has 1 aromatic carbocycles. The third-order valence-corrected chi connectivity index (χ3v) is 3.70. The Balaban J connectivity index is 1.68. The number of nitriles is 1. The van der Waals surface area contributed by atoms with Gasteiger partial charge in [0, 0.05) is 39.6 Å². The van der Waals surface area contributed by atoms with Gasteiger partial charge in [-0.05, 0) is 17.7 Å². The zero-order valence-corrected chi connectivity index (χ0v) is 12.4. The SMILES string of the molecule is CC(=O)N1CCN(CCOc2ccc(CC#N)cc2)CC1. The highest BCUT2D eigenvalue weighted by atomic mass is 16.5. The number of hydrogen-bond acceptors (Lipinski definition) is 4. The minimum Gasteiger partial charge on any atom is -0.492 e. The first-order valence-corrected chi connectivity index (χ1v) is 7.25. The molecule has 1 heterocycles. The van der Waals surface area contributed by atoms with Gasteiger partial charge in [-0.1, -0.05) is 12.1 Å². The molecular weight excluding hydrogens is 266 g/mol. The lowest BCUT2D eigenvalue weighted by Crippen LogP contribution is -2.48. The van der Waals surface area contributed by atoms with Crippen LogP contribution in [-0.4, -0.2) is 55.0 Å². The summed E-state index contributed by atoms with van der Waals surface area (Å²) in [6.45, 7) is 6.54. The van der Waals surface area contributed by atoms with Gasteiger partial charge in [-0.15, -0.1) is 0 Å². The molecule has 0 aliphatic carbocycles. The number of benzene rings is 1. The molecule has 1 aliphatic heterocycles. The van der Waals surface area contributed by atoms with E-state index in [0.717, 1.165) is 44.0 Å². The Bertz CT molecular complexity index is 499. The van der Waals surface area contributed by atoms with Crippen molar-refractivity contribution in [1.82, 2.24) is 9.80 Å². The minimum absolute atomic E-state index is 0.156. The van der Waals surface area contributed by atoms with Crippen molar-refractivity contribution in [3.05, 3.63) is 29.8 Å². The van der Waals surface area contributed by atoms with E-state index in [0.29, 0.717) is 13.0 Å². The van der Waals surface area contributed by atoms with Crippen LogP contribution < -0.4 is 4.74 Å². The molecule has 0 bridgehead atoms. The van der Waals surface area contributed by atoms with Crippen molar-refractivity contribution in [1.29, 1.82) is 5.26 Å². The van der Waals surface area contributed by atoms with Crippen molar-refractivity contribution in [2.24, 2.45) is 0 Å². The standard InChI is InChI=1S/C16H21N3O2/c1-14(20)19-10-8-18(9-11-19)12-13-21-16-4-2-15(3-5-16)6-7-17/h2-5H,6,8-13H2,1H3. The number of ether oxygens (including phenoxy) is 1. The monoisotopic (exact) mass is 287 g/mol. The maximum atomic E-state index is 11.2. The second-order valence-electron chi connectivity index (χ2n) is 5.18. The maximum absolute atomic E-state index is 11.2. The molecule has 1 aromatic rings. The van der Waals surface area contributed by atoms with E-state index in [4.69, 9.17) is 10.00 Å². The average Bonchev–Trinajstić information content (AvgIpc) is 2.50. The zero-order chi connectivity index (χ0) is 15.1. The van der Waals surface area contributed by atoms with E-state index in [2.05, 4.69) is 11.0 Å². The second-order valence-corrected chi connectivity index (χ2v) is 5.18. The Morgan fingerprint density at radius 1 is 1.24 bits per heavy atom. The normalized spacial score (nSPS) is 15.5. The summed E-state index contributed by atoms with van der Waals surface area (Å²) in [4.78, 5) is 15.4. The lowest BCUT2D eigenvalue weighted by atomic mass is 10.2. The summed E-state index contributed by atoms with van der Waals surface area (Å²) < 4.78 is 5.71. The third kappa shape index (κ3) is 4.76. The number of hydrogen-bond donors (Lipinski definition) is 0. The van der Waals surface area contributed by atoms with Crippen LogP contribution >= 0.6 is 0 Å². The Labute approximate surface area is 125 Å². The summed E-state index contributed by atoms with van der Waals surface area (Å²) in [5.41, 5.74) is 1.00. The smallest absolute Gasteiger partial charge is 0.219 e. The quantitative estimate of drug-likeness (QED) is 0.819. The van der Waals surface area contributed by atoms with Crippen molar-refractivity contribution in [2.75, 3.05) is 39.3 Å². The first kappa shape index (κ1) is 15.3. The minimum atomic E-state index is 0.156. The number of carbonyl (C=O) groups excluding carboxylic acids is 1. The molecule has 1 amide bonds. The molecule has 0 radical (unpaired) electrons. The molecule has 1 saturated heterocycles. The number of carbonyl (C=O) groups is 1. The predicted molar refractivity (Wildman–Crippen MR) is 79.9 cm³/mol. The Morgan fingerprint density at radius 2 is 1.90 bits per heavy atom. The molecule has 5 nitrogen and oxygen atoms in total. The van der Waals surface area contributed by atoms with Gasteiger partial charge >= 0.3 is 0 Å². The third-order valence-electron chi connectivity index (χ3n) is 3.70. The van der Waals surface area contributed by atoms with Gasteiger partial charge in [0.25, 0.3) is 0 Å². The van der Waals surface area contributed by atoms with Gasteiger partial charge in [0.2, 0.25) is 5.91 Å². The predicted octanol–water partition coefficient (Wildman–Crippen LogP) is 1.30. The fourth-order valence-electron chi connectivity index (χ4n) is 2.37. The van der Waals surface area contributed by atoms with Crippen molar-refractivity contribution in [3.63, 3.8) is 0 Å². The highest BCUT2D eigenvalue weighted by Crippen LogP contribution is 2.12. The van der Waals surface area contributed by atoms with Crippen molar-refractivity contribution in [3.8, 4) is 11.8 Å². The molecule has 5 heteroatoms. The molecule has 21 heavy (non-hydrogen) atoms. The molecular formula is C16H21N3O2. The number of nitrogens with zero attached hydrogens (tertiary/aromatic N) is 3. The van der Waals surface area contributed by atoms with Gasteiger partial charge in [0.1, 0.15) is 12.4 Å². The summed E-state index contributed by atoms with van der Waals surface area (Å²) >= 11 is 0. The molecule has 2 rings (SSSR count). The van der Waals surface area contributed by atoms with Crippen LogP contribution in [0.5, 0.6) is 5.75 Å². The highest BCUT2D eigenvalue weighted by Gasteiger charge is 2.17.